The minimum atomic E-state index is -3.63. The monoisotopic (exact) mass is 460 g/mol. The van der Waals surface area contributed by atoms with Crippen molar-refractivity contribution in [3.05, 3.63) is 60.2 Å². The standard InChI is InChI=1S/C24H32N2O5S/c1-24(2,3)26-32(29,30)21-16-14-20(15-17-21)25-22(27)12-7-13-23(28)31-18-8-11-19-9-5-4-6-10-19/h4-6,9-10,14-17,26H,7-8,11-13,18H2,1-3H3,(H,25,27). The highest BCUT2D eigenvalue weighted by atomic mass is 32.2. The molecule has 0 bridgehead atoms. The van der Waals surface area contributed by atoms with Crippen LogP contribution < -0.4 is 10.0 Å². The topological polar surface area (TPSA) is 102 Å². The van der Waals surface area contributed by atoms with E-state index in [1.807, 2.05) is 30.3 Å². The van der Waals surface area contributed by atoms with Crippen molar-refractivity contribution in [2.24, 2.45) is 0 Å². The number of nitrogens with one attached hydrogen (secondary N) is 2. The fraction of sp³-hybridized carbons (Fsp3) is 0.417. The number of hydrogen-bond donors (Lipinski definition) is 2. The number of anilines is 1. The van der Waals surface area contributed by atoms with Crippen LogP contribution in [0.2, 0.25) is 0 Å². The molecule has 0 saturated heterocycles. The normalized spacial score (nSPS) is 11.7. The Morgan fingerprint density at radius 3 is 2.19 bits per heavy atom. The average molecular weight is 461 g/mol. The van der Waals surface area contributed by atoms with Crippen molar-refractivity contribution in [2.45, 2.75) is 63.3 Å². The molecule has 0 spiro atoms. The van der Waals surface area contributed by atoms with Gasteiger partial charge in [0.2, 0.25) is 15.9 Å². The number of aryl methyl sites for hydroxylation is 1. The quantitative estimate of drug-likeness (QED) is 0.389. The van der Waals surface area contributed by atoms with Crippen LogP contribution in [0.15, 0.2) is 59.5 Å². The van der Waals surface area contributed by atoms with E-state index in [2.05, 4.69) is 10.0 Å². The summed E-state index contributed by atoms with van der Waals surface area (Å²) in [6.07, 6.45) is 2.33. The number of ether oxygens (including phenoxy) is 1. The van der Waals surface area contributed by atoms with E-state index in [-0.39, 0.29) is 29.6 Å². The number of benzene rings is 2. The van der Waals surface area contributed by atoms with Gasteiger partial charge < -0.3 is 10.1 Å². The maximum atomic E-state index is 12.3. The lowest BCUT2D eigenvalue weighted by Crippen LogP contribution is -2.40. The van der Waals surface area contributed by atoms with Gasteiger partial charge in [0.25, 0.3) is 0 Å². The minimum absolute atomic E-state index is 0.125. The molecule has 2 rings (SSSR count). The first-order valence-electron chi connectivity index (χ1n) is 10.7. The van der Waals surface area contributed by atoms with E-state index in [0.29, 0.717) is 18.7 Å². The first kappa shape index (κ1) is 25.5. The van der Waals surface area contributed by atoms with Gasteiger partial charge in [-0.05, 0) is 69.9 Å². The molecule has 2 aromatic rings. The van der Waals surface area contributed by atoms with Gasteiger partial charge in [0, 0.05) is 24.1 Å². The summed E-state index contributed by atoms with van der Waals surface area (Å²) in [6.45, 7) is 5.65. The summed E-state index contributed by atoms with van der Waals surface area (Å²) < 4.78 is 32.4. The van der Waals surface area contributed by atoms with Crippen LogP contribution >= 0.6 is 0 Å². The third-order valence-corrected chi connectivity index (χ3v) is 6.16. The zero-order valence-corrected chi connectivity index (χ0v) is 19.7. The van der Waals surface area contributed by atoms with E-state index in [1.165, 1.54) is 29.8 Å². The van der Waals surface area contributed by atoms with Gasteiger partial charge in [-0.1, -0.05) is 30.3 Å². The molecule has 174 valence electrons. The zero-order chi connectivity index (χ0) is 23.6. The summed E-state index contributed by atoms with van der Waals surface area (Å²) in [4.78, 5) is 24.0. The molecule has 0 aliphatic rings. The molecule has 1 amide bonds. The van der Waals surface area contributed by atoms with Crippen molar-refractivity contribution in [3.8, 4) is 0 Å². The first-order chi connectivity index (χ1) is 15.0. The molecule has 0 aromatic heterocycles. The predicted molar refractivity (Wildman–Crippen MR) is 125 cm³/mol. The van der Waals surface area contributed by atoms with Crippen LogP contribution in [-0.4, -0.2) is 32.4 Å². The van der Waals surface area contributed by atoms with Crippen LogP contribution in [0.1, 0.15) is 52.0 Å². The van der Waals surface area contributed by atoms with Gasteiger partial charge in [-0.25, -0.2) is 13.1 Å². The second-order valence-corrected chi connectivity index (χ2v) is 10.3. The van der Waals surface area contributed by atoms with Crippen molar-refractivity contribution in [1.82, 2.24) is 4.72 Å². The van der Waals surface area contributed by atoms with E-state index in [0.717, 1.165) is 12.8 Å². The smallest absolute Gasteiger partial charge is 0.305 e. The van der Waals surface area contributed by atoms with Gasteiger partial charge >= 0.3 is 5.97 Å². The van der Waals surface area contributed by atoms with Crippen LogP contribution in [0.25, 0.3) is 0 Å². The van der Waals surface area contributed by atoms with Gasteiger partial charge in [-0.15, -0.1) is 0 Å². The number of carbonyl (C=O) groups is 2. The molecule has 2 aromatic carbocycles. The summed E-state index contributed by atoms with van der Waals surface area (Å²) in [5.41, 5.74) is 1.11. The van der Waals surface area contributed by atoms with E-state index in [1.54, 1.807) is 20.8 Å². The van der Waals surface area contributed by atoms with Crippen molar-refractivity contribution in [1.29, 1.82) is 0 Å². The summed E-state index contributed by atoms with van der Waals surface area (Å²) >= 11 is 0. The lowest BCUT2D eigenvalue weighted by atomic mass is 10.1. The number of sulfonamides is 1. The molecule has 0 heterocycles. The number of amides is 1. The summed E-state index contributed by atoms with van der Waals surface area (Å²) in [5.74, 6) is -0.558. The van der Waals surface area contributed by atoms with Gasteiger partial charge in [-0.2, -0.15) is 0 Å². The van der Waals surface area contributed by atoms with Crippen molar-refractivity contribution in [3.63, 3.8) is 0 Å². The van der Waals surface area contributed by atoms with Crippen LogP contribution in [0.4, 0.5) is 5.69 Å². The molecular formula is C24H32N2O5S. The second kappa shape index (κ2) is 11.8. The van der Waals surface area contributed by atoms with Gasteiger partial charge in [0.05, 0.1) is 11.5 Å². The van der Waals surface area contributed by atoms with Crippen molar-refractivity contribution in [2.75, 3.05) is 11.9 Å². The molecule has 0 fully saturated rings. The maximum absolute atomic E-state index is 12.3. The molecule has 8 heteroatoms. The fourth-order valence-electron chi connectivity index (χ4n) is 2.98. The highest BCUT2D eigenvalue weighted by molar-refractivity contribution is 7.89. The third kappa shape index (κ3) is 9.62. The van der Waals surface area contributed by atoms with E-state index < -0.39 is 15.6 Å². The Morgan fingerprint density at radius 1 is 0.906 bits per heavy atom. The second-order valence-electron chi connectivity index (χ2n) is 8.59. The van der Waals surface area contributed by atoms with Gasteiger partial charge in [0.1, 0.15) is 0 Å². The van der Waals surface area contributed by atoms with Gasteiger partial charge in [-0.3, -0.25) is 9.59 Å². The van der Waals surface area contributed by atoms with Crippen molar-refractivity contribution < 1.29 is 22.7 Å². The Morgan fingerprint density at radius 2 is 1.56 bits per heavy atom. The molecule has 32 heavy (non-hydrogen) atoms. The minimum Gasteiger partial charge on any atom is -0.466 e. The molecule has 0 radical (unpaired) electrons. The SMILES string of the molecule is CC(C)(C)NS(=O)(=O)c1ccc(NC(=O)CCCC(=O)OCCCc2ccccc2)cc1. The molecule has 2 N–H and O–H groups in total. The highest BCUT2D eigenvalue weighted by Gasteiger charge is 2.21. The summed E-state index contributed by atoms with van der Waals surface area (Å²) in [6, 6.07) is 16.0. The predicted octanol–water partition coefficient (Wildman–Crippen LogP) is 4.05. The van der Waals surface area contributed by atoms with Crippen LogP contribution in [0.5, 0.6) is 0 Å². The summed E-state index contributed by atoms with van der Waals surface area (Å²) in [5, 5.41) is 2.71. The highest BCUT2D eigenvalue weighted by Crippen LogP contribution is 2.16. The van der Waals surface area contributed by atoms with Crippen LogP contribution in [-0.2, 0) is 30.8 Å². The van der Waals surface area contributed by atoms with E-state index in [4.69, 9.17) is 4.74 Å². The Kier molecular flexibility index (Phi) is 9.41. The Balaban J connectivity index is 1.66. The van der Waals surface area contributed by atoms with Crippen LogP contribution in [0, 0.1) is 0 Å². The molecule has 0 aliphatic carbocycles. The molecule has 0 unspecified atom stereocenters. The zero-order valence-electron chi connectivity index (χ0n) is 18.9. The fourth-order valence-corrected chi connectivity index (χ4v) is 4.39. The largest absolute Gasteiger partial charge is 0.466 e. The average Bonchev–Trinajstić information content (AvgIpc) is 2.71. The molecular weight excluding hydrogens is 428 g/mol. The molecule has 0 saturated carbocycles. The lowest BCUT2D eigenvalue weighted by molar-refractivity contribution is -0.143. The first-order valence-corrected chi connectivity index (χ1v) is 12.2. The van der Waals surface area contributed by atoms with E-state index >= 15 is 0 Å². The van der Waals surface area contributed by atoms with Crippen molar-refractivity contribution >= 4 is 27.6 Å². The maximum Gasteiger partial charge on any atom is 0.305 e. The molecule has 0 atom stereocenters. The number of rotatable bonds is 11. The Labute approximate surface area is 190 Å². The van der Waals surface area contributed by atoms with Gasteiger partial charge in [0.15, 0.2) is 0 Å². The van der Waals surface area contributed by atoms with Crippen LogP contribution in [0.3, 0.4) is 0 Å². The Hall–Kier alpha value is -2.71. The van der Waals surface area contributed by atoms with E-state index in [9.17, 15) is 18.0 Å². The number of carbonyl (C=O) groups excluding carboxylic acids is 2. The Bertz CT molecular complexity index is 981. The number of hydrogen-bond acceptors (Lipinski definition) is 5. The number of esters is 1. The lowest BCUT2D eigenvalue weighted by Gasteiger charge is -2.20. The third-order valence-electron chi connectivity index (χ3n) is 4.39. The molecule has 7 nitrogen and oxygen atoms in total. The molecule has 0 aliphatic heterocycles. The summed E-state index contributed by atoms with van der Waals surface area (Å²) in [7, 11) is -3.63.